The van der Waals surface area contributed by atoms with Gasteiger partial charge in [-0.1, -0.05) is 0 Å². The molecule has 0 aliphatic carbocycles. The van der Waals surface area contributed by atoms with Gasteiger partial charge in [-0.15, -0.1) is 0 Å². The second-order valence-corrected chi connectivity index (χ2v) is 7.80. The molecule has 0 saturated heterocycles. The molecule has 0 amide bonds. The zero-order valence-electron chi connectivity index (χ0n) is 19.1. The fourth-order valence-electron chi connectivity index (χ4n) is 3.03. The second-order valence-electron chi connectivity index (χ2n) is 7.80. The molecule has 0 aliphatic heterocycles. The van der Waals surface area contributed by atoms with Gasteiger partial charge >= 0.3 is 17.9 Å². The second kappa shape index (κ2) is 17.6. The lowest BCUT2D eigenvalue weighted by Crippen LogP contribution is -2.03. The maximum atomic E-state index is 10.6. The molecule has 0 saturated carbocycles. The van der Waals surface area contributed by atoms with Crippen molar-refractivity contribution in [2.75, 3.05) is 19.8 Å². The minimum absolute atomic E-state index is 0.153. The van der Waals surface area contributed by atoms with E-state index >= 15 is 0 Å². The summed E-state index contributed by atoms with van der Waals surface area (Å²) in [5, 5.41) is 26.1. The number of ether oxygens (including phenoxy) is 3. The van der Waals surface area contributed by atoms with Gasteiger partial charge in [0.1, 0.15) is 17.2 Å². The van der Waals surface area contributed by atoms with Crippen molar-refractivity contribution in [1.29, 1.82) is 0 Å². The van der Waals surface area contributed by atoms with E-state index in [0.717, 1.165) is 38.5 Å². The summed E-state index contributed by atoms with van der Waals surface area (Å²) in [6, 6.07) is 5.32. The SMILES string of the molecule is O=C(O)CCCCCOc1cc(OCCCCCC(=O)O)cc(OCCCCCC(=O)O)c1. The summed E-state index contributed by atoms with van der Waals surface area (Å²) in [6.45, 7) is 1.35. The first-order valence-corrected chi connectivity index (χ1v) is 11.6. The van der Waals surface area contributed by atoms with E-state index in [9.17, 15) is 14.4 Å². The number of carboxylic acid groups (broad SMARTS) is 3. The molecule has 0 fully saturated rings. The molecule has 0 spiro atoms. The van der Waals surface area contributed by atoms with Crippen LogP contribution >= 0.6 is 0 Å². The van der Waals surface area contributed by atoms with Gasteiger partial charge in [0, 0.05) is 37.5 Å². The van der Waals surface area contributed by atoms with Crippen LogP contribution in [0.4, 0.5) is 0 Å². The highest BCUT2D eigenvalue weighted by atomic mass is 16.5. The molecular formula is C24H36O9. The maximum absolute atomic E-state index is 10.6. The van der Waals surface area contributed by atoms with Crippen molar-refractivity contribution in [2.24, 2.45) is 0 Å². The average Bonchev–Trinajstić information content (AvgIpc) is 2.75. The Morgan fingerprint density at radius 1 is 0.485 bits per heavy atom. The lowest BCUT2D eigenvalue weighted by molar-refractivity contribution is -0.138. The number of hydrogen-bond acceptors (Lipinski definition) is 6. The van der Waals surface area contributed by atoms with Gasteiger partial charge in [0.25, 0.3) is 0 Å². The van der Waals surface area contributed by atoms with Crippen molar-refractivity contribution in [2.45, 2.75) is 77.0 Å². The summed E-state index contributed by atoms with van der Waals surface area (Å²) < 4.78 is 17.4. The number of carbonyl (C=O) groups is 3. The average molecular weight is 469 g/mol. The van der Waals surface area contributed by atoms with E-state index in [1.807, 2.05) is 0 Å². The minimum atomic E-state index is -0.798. The number of carboxylic acids is 3. The first-order valence-electron chi connectivity index (χ1n) is 11.6. The van der Waals surface area contributed by atoms with E-state index < -0.39 is 17.9 Å². The first kappa shape index (κ1) is 28.1. The van der Waals surface area contributed by atoms with Crippen molar-refractivity contribution in [3.8, 4) is 17.2 Å². The highest BCUT2D eigenvalue weighted by Gasteiger charge is 2.06. The molecule has 33 heavy (non-hydrogen) atoms. The van der Waals surface area contributed by atoms with Crippen LogP contribution in [0.15, 0.2) is 18.2 Å². The molecule has 1 rings (SSSR count). The molecule has 0 aliphatic rings. The van der Waals surface area contributed by atoms with Crippen LogP contribution < -0.4 is 14.2 Å². The summed E-state index contributed by atoms with van der Waals surface area (Å²) >= 11 is 0. The molecule has 1 aromatic carbocycles. The Hall–Kier alpha value is -2.97. The highest BCUT2D eigenvalue weighted by Crippen LogP contribution is 2.28. The number of rotatable bonds is 21. The van der Waals surface area contributed by atoms with Gasteiger partial charge in [0.2, 0.25) is 0 Å². The molecule has 9 heteroatoms. The fourth-order valence-corrected chi connectivity index (χ4v) is 3.03. The summed E-state index contributed by atoms with van der Waals surface area (Å²) in [7, 11) is 0. The Labute approximate surface area is 194 Å². The third-order valence-corrected chi connectivity index (χ3v) is 4.76. The van der Waals surface area contributed by atoms with Crippen LogP contribution in [0.2, 0.25) is 0 Å². The topological polar surface area (TPSA) is 140 Å². The van der Waals surface area contributed by atoms with E-state index in [4.69, 9.17) is 29.5 Å². The Morgan fingerprint density at radius 3 is 1.00 bits per heavy atom. The quantitative estimate of drug-likeness (QED) is 0.218. The van der Waals surface area contributed by atoms with Gasteiger partial charge in [-0.25, -0.2) is 0 Å². The van der Waals surface area contributed by atoms with Crippen LogP contribution in [0.3, 0.4) is 0 Å². The third-order valence-electron chi connectivity index (χ3n) is 4.76. The minimum Gasteiger partial charge on any atom is -0.493 e. The van der Waals surface area contributed by atoms with Crippen molar-refractivity contribution >= 4 is 17.9 Å². The standard InChI is InChI=1S/C24H36O9/c25-22(26)10-4-1-7-13-31-19-16-20(32-14-8-2-5-11-23(27)28)18-21(17-19)33-15-9-3-6-12-24(29)30/h16-18H,1-15H2,(H,25,26)(H,27,28)(H,29,30). The Balaban J connectivity index is 2.51. The molecule has 186 valence electrons. The van der Waals surface area contributed by atoms with E-state index in [1.165, 1.54) is 0 Å². The molecule has 0 atom stereocenters. The van der Waals surface area contributed by atoms with E-state index in [1.54, 1.807) is 18.2 Å². The number of hydrogen-bond donors (Lipinski definition) is 3. The molecule has 0 bridgehead atoms. The molecule has 0 unspecified atom stereocenters. The summed E-state index contributed by atoms with van der Waals surface area (Å²) in [4.78, 5) is 31.7. The van der Waals surface area contributed by atoms with Crippen LogP contribution in [0.25, 0.3) is 0 Å². The predicted octanol–water partition coefficient (Wildman–Crippen LogP) is 4.76. The predicted molar refractivity (Wildman–Crippen MR) is 121 cm³/mol. The van der Waals surface area contributed by atoms with Gasteiger partial charge < -0.3 is 29.5 Å². The molecule has 0 heterocycles. The van der Waals surface area contributed by atoms with Gasteiger partial charge in [-0.3, -0.25) is 14.4 Å². The molecule has 9 nitrogen and oxygen atoms in total. The highest BCUT2D eigenvalue weighted by molar-refractivity contribution is 5.67. The number of benzene rings is 1. The first-order chi connectivity index (χ1) is 15.9. The lowest BCUT2D eigenvalue weighted by atomic mass is 10.2. The van der Waals surface area contributed by atoms with Gasteiger partial charge in [0.15, 0.2) is 0 Å². The van der Waals surface area contributed by atoms with Gasteiger partial charge in [-0.2, -0.15) is 0 Å². The maximum Gasteiger partial charge on any atom is 0.303 e. The smallest absolute Gasteiger partial charge is 0.303 e. The summed E-state index contributed by atoms with van der Waals surface area (Å²) in [5.41, 5.74) is 0. The van der Waals surface area contributed by atoms with E-state index in [2.05, 4.69) is 0 Å². The van der Waals surface area contributed by atoms with Crippen molar-refractivity contribution in [3.05, 3.63) is 18.2 Å². The van der Waals surface area contributed by atoms with Crippen molar-refractivity contribution < 1.29 is 43.9 Å². The van der Waals surface area contributed by atoms with Crippen LogP contribution in [0.1, 0.15) is 77.0 Å². The zero-order chi connectivity index (χ0) is 24.3. The monoisotopic (exact) mass is 468 g/mol. The van der Waals surface area contributed by atoms with Gasteiger partial charge in [0.05, 0.1) is 19.8 Å². The zero-order valence-corrected chi connectivity index (χ0v) is 19.1. The molecule has 0 aromatic heterocycles. The normalized spacial score (nSPS) is 10.5. The summed E-state index contributed by atoms with van der Waals surface area (Å²) in [5.74, 6) is -0.608. The van der Waals surface area contributed by atoms with Crippen LogP contribution in [-0.2, 0) is 14.4 Å². The van der Waals surface area contributed by atoms with E-state index in [-0.39, 0.29) is 19.3 Å². The largest absolute Gasteiger partial charge is 0.493 e. The van der Waals surface area contributed by atoms with Crippen LogP contribution in [0, 0.1) is 0 Å². The van der Waals surface area contributed by atoms with E-state index in [0.29, 0.717) is 56.3 Å². The Bertz CT molecular complexity index is 610. The molecule has 1 aromatic rings. The van der Waals surface area contributed by atoms with Gasteiger partial charge in [-0.05, 0) is 57.8 Å². The Morgan fingerprint density at radius 2 is 0.758 bits per heavy atom. The Kier molecular flexibility index (Phi) is 14.9. The molecular weight excluding hydrogens is 432 g/mol. The lowest BCUT2D eigenvalue weighted by Gasteiger charge is -2.13. The number of unbranched alkanes of at least 4 members (excludes halogenated alkanes) is 6. The number of aliphatic carboxylic acids is 3. The van der Waals surface area contributed by atoms with Crippen molar-refractivity contribution in [3.63, 3.8) is 0 Å². The molecule has 0 radical (unpaired) electrons. The summed E-state index contributed by atoms with van der Waals surface area (Å²) in [6.07, 6.45) is 6.79. The molecule has 3 N–H and O–H groups in total. The van der Waals surface area contributed by atoms with Crippen LogP contribution in [0.5, 0.6) is 17.2 Å². The van der Waals surface area contributed by atoms with Crippen LogP contribution in [-0.4, -0.2) is 53.0 Å². The fraction of sp³-hybridized carbons (Fsp3) is 0.625. The van der Waals surface area contributed by atoms with Crippen molar-refractivity contribution in [1.82, 2.24) is 0 Å². The third kappa shape index (κ3) is 16.3.